The predicted molar refractivity (Wildman–Crippen MR) is 71.0 cm³/mol. The summed E-state index contributed by atoms with van der Waals surface area (Å²) in [5.41, 5.74) is 0. The Morgan fingerprint density at radius 2 is 2.00 bits per heavy atom. The third kappa shape index (κ3) is 4.14. The second kappa shape index (κ2) is 7.97. The van der Waals surface area contributed by atoms with Crippen LogP contribution in [0.4, 0.5) is 0 Å². The number of ether oxygens (including phenoxy) is 2. The van der Waals surface area contributed by atoms with Crippen molar-refractivity contribution in [2.24, 2.45) is 0 Å². The standard InChI is InChI=1S/C12H21NO10/c1-22-12(11(20)21)2-5(16)8(13-7(18)4-15)10(23-12)9(19)6(17)3-14/h5-6,8-10,14-17,19H,2-4H2,1H3,(H,13,18)(H,20,21)/t5-,6+,8+,9+,10+,12+/m0/s1. The first kappa shape index (κ1) is 19.7. The summed E-state index contributed by atoms with van der Waals surface area (Å²) < 4.78 is 9.98. The average molecular weight is 339 g/mol. The number of amides is 1. The summed E-state index contributed by atoms with van der Waals surface area (Å²) in [6.45, 7) is -1.78. The van der Waals surface area contributed by atoms with Crippen molar-refractivity contribution in [3.05, 3.63) is 0 Å². The Hall–Kier alpha value is -1.34. The molecule has 11 heteroatoms. The molecular formula is C12H21NO10. The minimum atomic E-state index is -2.30. The van der Waals surface area contributed by atoms with Gasteiger partial charge in [0, 0.05) is 13.5 Å². The van der Waals surface area contributed by atoms with Crippen LogP contribution in [0.2, 0.25) is 0 Å². The minimum Gasteiger partial charge on any atom is -0.477 e. The summed E-state index contributed by atoms with van der Waals surface area (Å²) in [7, 11) is 1.01. The van der Waals surface area contributed by atoms with E-state index >= 15 is 0 Å². The van der Waals surface area contributed by atoms with Gasteiger partial charge in [0.2, 0.25) is 5.91 Å². The third-order valence-electron chi connectivity index (χ3n) is 3.62. The van der Waals surface area contributed by atoms with Crippen LogP contribution in [0.15, 0.2) is 0 Å². The second-order valence-electron chi connectivity index (χ2n) is 5.11. The molecule has 0 aromatic rings. The smallest absolute Gasteiger partial charge is 0.364 e. The van der Waals surface area contributed by atoms with E-state index in [0.29, 0.717) is 0 Å². The van der Waals surface area contributed by atoms with Crippen molar-refractivity contribution in [3.8, 4) is 0 Å². The van der Waals surface area contributed by atoms with Gasteiger partial charge < -0.3 is 45.4 Å². The van der Waals surface area contributed by atoms with Crippen LogP contribution in [0.1, 0.15) is 6.42 Å². The number of hydrogen-bond donors (Lipinski definition) is 7. The van der Waals surface area contributed by atoms with E-state index in [2.05, 4.69) is 5.32 Å². The lowest BCUT2D eigenvalue weighted by Gasteiger charge is -2.46. The van der Waals surface area contributed by atoms with E-state index in [1.54, 1.807) is 0 Å². The van der Waals surface area contributed by atoms with E-state index in [-0.39, 0.29) is 0 Å². The number of aliphatic hydroxyl groups is 5. The van der Waals surface area contributed by atoms with Crippen molar-refractivity contribution >= 4 is 11.9 Å². The molecule has 0 saturated carbocycles. The van der Waals surface area contributed by atoms with Crippen molar-refractivity contribution in [1.82, 2.24) is 5.32 Å². The maximum absolute atomic E-state index is 11.4. The molecule has 6 atom stereocenters. The number of carboxylic acids is 1. The molecule has 0 bridgehead atoms. The van der Waals surface area contributed by atoms with Crippen molar-refractivity contribution in [2.45, 2.75) is 42.7 Å². The van der Waals surface area contributed by atoms with E-state index < -0.39 is 67.8 Å². The van der Waals surface area contributed by atoms with Crippen LogP contribution in [0.25, 0.3) is 0 Å². The topological polar surface area (TPSA) is 186 Å². The molecule has 0 unspecified atom stereocenters. The Kier molecular flexibility index (Phi) is 6.83. The van der Waals surface area contributed by atoms with Crippen LogP contribution < -0.4 is 5.32 Å². The monoisotopic (exact) mass is 339 g/mol. The maximum atomic E-state index is 11.4. The Labute approximate surface area is 131 Å². The Balaban J connectivity index is 3.14. The van der Waals surface area contributed by atoms with Gasteiger partial charge in [-0.3, -0.25) is 4.79 Å². The molecule has 11 nitrogen and oxygen atoms in total. The molecular weight excluding hydrogens is 318 g/mol. The van der Waals surface area contributed by atoms with Crippen LogP contribution in [0.5, 0.6) is 0 Å². The fourth-order valence-corrected chi connectivity index (χ4v) is 2.34. The number of carbonyl (C=O) groups is 2. The number of aliphatic hydroxyl groups excluding tert-OH is 5. The summed E-state index contributed by atoms with van der Waals surface area (Å²) in [5, 5.41) is 58.8. The first-order valence-electron chi connectivity index (χ1n) is 6.74. The summed E-state index contributed by atoms with van der Waals surface area (Å²) in [5.74, 6) is -4.80. The summed E-state index contributed by atoms with van der Waals surface area (Å²) >= 11 is 0. The van der Waals surface area contributed by atoms with Gasteiger partial charge in [0.25, 0.3) is 5.79 Å². The highest BCUT2D eigenvalue weighted by atomic mass is 16.7. The first-order valence-corrected chi connectivity index (χ1v) is 6.74. The third-order valence-corrected chi connectivity index (χ3v) is 3.62. The van der Waals surface area contributed by atoms with Crippen LogP contribution in [-0.4, -0.2) is 99.1 Å². The van der Waals surface area contributed by atoms with E-state index in [1.807, 2.05) is 0 Å². The molecule has 23 heavy (non-hydrogen) atoms. The number of carbonyl (C=O) groups excluding carboxylic acids is 1. The zero-order chi connectivity index (χ0) is 17.8. The van der Waals surface area contributed by atoms with Gasteiger partial charge in [0.05, 0.1) is 18.8 Å². The second-order valence-corrected chi connectivity index (χ2v) is 5.11. The first-order chi connectivity index (χ1) is 10.7. The Morgan fingerprint density at radius 3 is 2.43 bits per heavy atom. The van der Waals surface area contributed by atoms with E-state index in [1.165, 1.54) is 0 Å². The lowest BCUT2D eigenvalue weighted by atomic mass is 9.88. The van der Waals surface area contributed by atoms with E-state index in [4.69, 9.17) is 19.7 Å². The van der Waals surface area contributed by atoms with Crippen molar-refractivity contribution < 1.29 is 49.7 Å². The van der Waals surface area contributed by atoms with Crippen molar-refractivity contribution in [1.29, 1.82) is 0 Å². The van der Waals surface area contributed by atoms with Gasteiger partial charge in [-0.15, -0.1) is 0 Å². The van der Waals surface area contributed by atoms with Crippen LogP contribution in [-0.2, 0) is 19.1 Å². The number of hydrogen-bond acceptors (Lipinski definition) is 9. The molecule has 0 aromatic heterocycles. The number of aliphatic carboxylic acids is 1. The van der Waals surface area contributed by atoms with Gasteiger partial charge in [-0.05, 0) is 0 Å². The summed E-state index contributed by atoms with van der Waals surface area (Å²) in [6.07, 6.45) is -7.28. The van der Waals surface area contributed by atoms with Crippen molar-refractivity contribution in [2.75, 3.05) is 20.3 Å². The molecule has 0 radical (unpaired) electrons. The van der Waals surface area contributed by atoms with E-state index in [9.17, 15) is 30.0 Å². The molecule has 1 heterocycles. The number of carboxylic acid groups (broad SMARTS) is 1. The molecule has 0 aromatic carbocycles. The van der Waals surface area contributed by atoms with Gasteiger partial charge in [0.15, 0.2) is 0 Å². The fourth-order valence-electron chi connectivity index (χ4n) is 2.34. The molecule has 7 N–H and O–H groups in total. The molecule has 0 aliphatic carbocycles. The zero-order valence-corrected chi connectivity index (χ0v) is 12.3. The normalized spacial score (nSPS) is 33.7. The molecule has 1 aliphatic rings. The zero-order valence-electron chi connectivity index (χ0n) is 12.3. The molecule has 1 fully saturated rings. The number of rotatable bonds is 7. The Bertz CT molecular complexity index is 432. The quantitative estimate of drug-likeness (QED) is 0.239. The summed E-state index contributed by atoms with van der Waals surface area (Å²) in [6, 6.07) is -1.34. The fraction of sp³-hybridized carbons (Fsp3) is 0.833. The number of methoxy groups -OCH3 is 1. The summed E-state index contributed by atoms with van der Waals surface area (Å²) in [4.78, 5) is 22.7. The molecule has 134 valence electrons. The molecule has 1 rings (SSSR count). The van der Waals surface area contributed by atoms with Gasteiger partial charge in [-0.2, -0.15) is 0 Å². The lowest BCUT2D eigenvalue weighted by molar-refractivity contribution is -0.303. The van der Waals surface area contributed by atoms with Crippen LogP contribution in [0, 0.1) is 0 Å². The maximum Gasteiger partial charge on any atom is 0.364 e. The Morgan fingerprint density at radius 1 is 1.39 bits per heavy atom. The van der Waals surface area contributed by atoms with Gasteiger partial charge in [-0.25, -0.2) is 4.79 Å². The largest absolute Gasteiger partial charge is 0.477 e. The molecule has 0 spiro atoms. The average Bonchev–Trinajstić information content (AvgIpc) is 2.54. The highest BCUT2D eigenvalue weighted by molar-refractivity contribution is 5.78. The highest BCUT2D eigenvalue weighted by Crippen LogP contribution is 2.32. The van der Waals surface area contributed by atoms with Gasteiger partial charge in [0.1, 0.15) is 24.9 Å². The van der Waals surface area contributed by atoms with E-state index in [0.717, 1.165) is 7.11 Å². The van der Waals surface area contributed by atoms with Crippen LogP contribution in [0.3, 0.4) is 0 Å². The van der Waals surface area contributed by atoms with Gasteiger partial charge in [-0.1, -0.05) is 0 Å². The highest BCUT2D eigenvalue weighted by Gasteiger charge is 2.55. The molecule has 1 aliphatic heterocycles. The molecule has 1 amide bonds. The van der Waals surface area contributed by atoms with Gasteiger partial charge >= 0.3 is 5.97 Å². The van der Waals surface area contributed by atoms with Crippen LogP contribution >= 0.6 is 0 Å². The number of nitrogens with one attached hydrogen (secondary N) is 1. The SMILES string of the molecule is CO[C@]1(C(=O)O)C[C@H](O)[C@@H](NC(=O)CO)[C@H]([C@H](O)[C@H](O)CO)O1. The lowest BCUT2D eigenvalue weighted by Crippen LogP contribution is -2.68. The van der Waals surface area contributed by atoms with Crippen molar-refractivity contribution in [3.63, 3.8) is 0 Å². The molecule has 1 saturated heterocycles. The minimum absolute atomic E-state index is 0.576. The predicted octanol–water partition coefficient (Wildman–Crippen LogP) is -4.25.